The molecular weight excluding hydrogens is 564 g/mol. The zero-order valence-electron chi connectivity index (χ0n) is 25.7. The van der Waals surface area contributed by atoms with Crippen molar-refractivity contribution in [1.29, 1.82) is 0 Å². The van der Waals surface area contributed by atoms with Crippen molar-refractivity contribution in [1.82, 2.24) is 16.0 Å². The molecule has 8 nitrogen and oxygen atoms in total. The highest BCUT2D eigenvalue weighted by molar-refractivity contribution is 5.92. The van der Waals surface area contributed by atoms with Crippen molar-refractivity contribution in [2.45, 2.75) is 57.8 Å². The molecule has 0 aliphatic rings. The molecule has 2 unspecified atom stereocenters. The van der Waals surface area contributed by atoms with Crippen LogP contribution in [0.2, 0.25) is 0 Å². The second kappa shape index (κ2) is 17.4. The highest BCUT2D eigenvalue weighted by atomic mass is 16.5. The number of hydrogen-bond acceptors (Lipinski definition) is 5. The smallest absolute Gasteiger partial charge is 0.243 e. The number of nitrogens with two attached hydrogens (primary N) is 1. The second-order valence-electron chi connectivity index (χ2n) is 10.9. The first-order valence-corrected chi connectivity index (χ1v) is 15.4. The minimum atomic E-state index is -0.888. The summed E-state index contributed by atoms with van der Waals surface area (Å²) in [5.74, 6) is -0.257. The molecule has 4 aromatic rings. The quantitative estimate of drug-likeness (QED) is 0.152. The normalized spacial score (nSPS) is 12.0. The summed E-state index contributed by atoms with van der Waals surface area (Å²) < 4.78 is 5.55. The molecule has 4 aromatic carbocycles. The summed E-state index contributed by atoms with van der Waals surface area (Å²) in [5, 5.41) is 8.83. The van der Waals surface area contributed by atoms with E-state index in [4.69, 9.17) is 10.5 Å². The maximum atomic E-state index is 13.8. The lowest BCUT2D eigenvalue weighted by Crippen LogP contribution is -2.55. The highest BCUT2D eigenvalue weighted by Gasteiger charge is 2.27. The van der Waals surface area contributed by atoms with E-state index in [1.807, 2.05) is 116 Å². The zero-order chi connectivity index (χ0) is 31.9. The molecule has 234 valence electrons. The number of carbonyl (C=O) groups excluding carboxylic acids is 3. The summed E-state index contributed by atoms with van der Waals surface area (Å²) in [6, 6.07) is 32.7. The summed E-state index contributed by atoms with van der Waals surface area (Å²) >= 11 is 0. The van der Waals surface area contributed by atoms with Gasteiger partial charge in [-0.3, -0.25) is 14.4 Å². The first-order valence-electron chi connectivity index (χ1n) is 15.4. The predicted octanol–water partition coefficient (Wildman–Crippen LogP) is 4.25. The molecule has 0 spiro atoms. The van der Waals surface area contributed by atoms with Crippen LogP contribution in [0, 0.1) is 0 Å². The lowest BCUT2D eigenvalue weighted by molar-refractivity contribution is -0.132. The minimum absolute atomic E-state index is 0.230. The number of nitrogens with one attached hydrogen (secondary N) is 3. The van der Waals surface area contributed by atoms with Crippen molar-refractivity contribution < 1.29 is 19.1 Å². The number of hydrogen-bond donors (Lipinski definition) is 4. The van der Waals surface area contributed by atoms with E-state index in [1.54, 1.807) is 0 Å². The van der Waals surface area contributed by atoms with E-state index in [2.05, 4.69) is 16.0 Å². The number of amides is 3. The number of rotatable bonds is 16. The van der Waals surface area contributed by atoms with Gasteiger partial charge in [0, 0.05) is 32.4 Å². The molecule has 0 saturated carbocycles. The Kier molecular flexibility index (Phi) is 12.7. The SMILES string of the molecule is CCOc1ccc(CC(NC(=O)CCc2ccccc2)C(=O)NC(Cc2ccccc2)C(=O)NCc2ccc(CN)cc2)cc1. The van der Waals surface area contributed by atoms with Gasteiger partial charge < -0.3 is 26.4 Å². The van der Waals surface area contributed by atoms with Gasteiger partial charge in [-0.25, -0.2) is 0 Å². The first kappa shape index (κ1) is 33.0. The molecule has 45 heavy (non-hydrogen) atoms. The van der Waals surface area contributed by atoms with E-state index in [1.165, 1.54) is 0 Å². The predicted molar refractivity (Wildman–Crippen MR) is 176 cm³/mol. The molecule has 0 aromatic heterocycles. The lowest BCUT2D eigenvalue weighted by atomic mass is 10.0. The molecule has 2 atom stereocenters. The summed E-state index contributed by atoms with van der Waals surface area (Å²) in [6.07, 6.45) is 1.33. The standard InChI is InChI=1S/C37H42N4O4/c1-2-45-32-20-17-29(18-21-32)24-34(40-35(42)22-19-27-9-5-3-6-10-27)37(44)41-33(23-28-11-7-4-8-12-28)36(43)39-26-31-15-13-30(25-38)14-16-31/h3-18,20-21,33-34H,2,19,22-26,38H2,1H3,(H,39,43)(H,40,42)(H,41,44). The third kappa shape index (κ3) is 10.9. The van der Waals surface area contributed by atoms with Crippen molar-refractivity contribution >= 4 is 17.7 Å². The molecule has 0 aliphatic heterocycles. The Morgan fingerprint density at radius 3 is 1.78 bits per heavy atom. The van der Waals surface area contributed by atoms with Crippen LogP contribution in [0.4, 0.5) is 0 Å². The molecule has 0 fully saturated rings. The van der Waals surface area contributed by atoms with E-state index < -0.39 is 18.0 Å². The van der Waals surface area contributed by atoms with Crippen LogP contribution < -0.4 is 26.4 Å². The van der Waals surface area contributed by atoms with Crippen LogP contribution in [0.25, 0.3) is 0 Å². The maximum Gasteiger partial charge on any atom is 0.243 e. The monoisotopic (exact) mass is 606 g/mol. The van der Waals surface area contributed by atoms with Crippen LogP contribution in [0.1, 0.15) is 41.2 Å². The third-order valence-electron chi connectivity index (χ3n) is 7.45. The van der Waals surface area contributed by atoms with Crippen molar-refractivity contribution in [2.24, 2.45) is 5.73 Å². The Hall–Kier alpha value is -4.95. The fourth-order valence-corrected chi connectivity index (χ4v) is 4.94. The van der Waals surface area contributed by atoms with Crippen molar-refractivity contribution in [3.05, 3.63) is 137 Å². The van der Waals surface area contributed by atoms with Crippen molar-refractivity contribution in [3.63, 3.8) is 0 Å². The van der Waals surface area contributed by atoms with Crippen LogP contribution in [-0.4, -0.2) is 36.4 Å². The minimum Gasteiger partial charge on any atom is -0.494 e. The van der Waals surface area contributed by atoms with E-state index >= 15 is 0 Å². The van der Waals surface area contributed by atoms with Gasteiger partial charge in [0.15, 0.2) is 0 Å². The van der Waals surface area contributed by atoms with Crippen LogP contribution in [0.15, 0.2) is 109 Å². The average molecular weight is 607 g/mol. The summed E-state index contributed by atoms with van der Waals surface area (Å²) in [4.78, 5) is 40.4. The lowest BCUT2D eigenvalue weighted by Gasteiger charge is -2.24. The van der Waals surface area contributed by atoms with E-state index in [-0.39, 0.29) is 24.7 Å². The van der Waals surface area contributed by atoms with Gasteiger partial charge in [0.05, 0.1) is 6.61 Å². The van der Waals surface area contributed by atoms with Gasteiger partial charge in [0.2, 0.25) is 17.7 Å². The van der Waals surface area contributed by atoms with Gasteiger partial charge in [-0.15, -0.1) is 0 Å². The Morgan fingerprint density at radius 2 is 1.18 bits per heavy atom. The number of aryl methyl sites for hydroxylation is 1. The van der Waals surface area contributed by atoms with Crippen LogP contribution in [-0.2, 0) is 46.7 Å². The number of carbonyl (C=O) groups is 3. The number of benzene rings is 4. The molecule has 4 rings (SSSR count). The average Bonchev–Trinajstić information content (AvgIpc) is 3.07. The molecule has 0 radical (unpaired) electrons. The Bertz CT molecular complexity index is 1490. The summed E-state index contributed by atoms with van der Waals surface area (Å²) in [7, 11) is 0. The molecule has 0 aliphatic carbocycles. The Balaban J connectivity index is 1.49. The van der Waals surface area contributed by atoms with Crippen LogP contribution >= 0.6 is 0 Å². The van der Waals surface area contributed by atoms with Gasteiger partial charge in [-0.2, -0.15) is 0 Å². The summed E-state index contributed by atoms with van der Waals surface area (Å²) in [5.41, 5.74) is 10.4. The Labute approximate surface area is 265 Å². The first-order chi connectivity index (χ1) is 21.9. The van der Waals surface area contributed by atoms with Crippen LogP contribution in [0.3, 0.4) is 0 Å². The summed E-state index contributed by atoms with van der Waals surface area (Å²) in [6.45, 7) is 3.21. The fraction of sp³-hybridized carbons (Fsp3) is 0.270. The zero-order valence-corrected chi connectivity index (χ0v) is 25.7. The van der Waals surface area contributed by atoms with Gasteiger partial charge >= 0.3 is 0 Å². The van der Waals surface area contributed by atoms with E-state index in [0.717, 1.165) is 33.6 Å². The van der Waals surface area contributed by atoms with Gasteiger partial charge in [0.1, 0.15) is 17.8 Å². The van der Waals surface area contributed by atoms with Gasteiger partial charge in [0.25, 0.3) is 0 Å². The van der Waals surface area contributed by atoms with Crippen LogP contribution in [0.5, 0.6) is 5.75 Å². The van der Waals surface area contributed by atoms with Gasteiger partial charge in [-0.05, 0) is 53.3 Å². The molecule has 0 heterocycles. The second-order valence-corrected chi connectivity index (χ2v) is 10.9. The molecule has 0 saturated heterocycles. The maximum absolute atomic E-state index is 13.8. The molecule has 8 heteroatoms. The topological polar surface area (TPSA) is 123 Å². The third-order valence-corrected chi connectivity index (χ3v) is 7.45. The highest BCUT2D eigenvalue weighted by Crippen LogP contribution is 2.14. The molecule has 5 N–H and O–H groups in total. The van der Waals surface area contributed by atoms with E-state index in [0.29, 0.717) is 32.5 Å². The van der Waals surface area contributed by atoms with Gasteiger partial charge in [-0.1, -0.05) is 97.1 Å². The molecule has 3 amide bonds. The molecular formula is C37H42N4O4. The largest absolute Gasteiger partial charge is 0.494 e. The number of ether oxygens (including phenoxy) is 1. The van der Waals surface area contributed by atoms with Crippen molar-refractivity contribution in [3.8, 4) is 5.75 Å². The van der Waals surface area contributed by atoms with E-state index in [9.17, 15) is 14.4 Å². The Morgan fingerprint density at radius 1 is 0.644 bits per heavy atom. The molecule has 0 bridgehead atoms. The van der Waals surface area contributed by atoms with Crippen molar-refractivity contribution in [2.75, 3.05) is 6.61 Å². The fourth-order valence-electron chi connectivity index (χ4n) is 4.94.